The van der Waals surface area contributed by atoms with Gasteiger partial charge in [-0.25, -0.2) is 26.9 Å². The van der Waals surface area contributed by atoms with E-state index < -0.39 is 23.1 Å². The van der Waals surface area contributed by atoms with Crippen molar-refractivity contribution in [3.63, 3.8) is 0 Å². The molecule has 0 fully saturated rings. The lowest BCUT2D eigenvalue weighted by Crippen LogP contribution is -2.29. The summed E-state index contributed by atoms with van der Waals surface area (Å²) >= 11 is 0. The molecule has 0 radical (unpaired) electrons. The topological polar surface area (TPSA) is 80.3 Å². The van der Waals surface area contributed by atoms with E-state index in [1.54, 1.807) is 19.2 Å². The minimum Gasteiger partial charge on any atom is -0.386 e. The molecule has 0 unspecified atom stereocenters. The maximum Gasteiger partial charge on any atom is 0.261 e. The fraction of sp³-hybridized carbons (Fsp3) is 0.500. The van der Waals surface area contributed by atoms with E-state index >= 15 is 0 Å². The highest BCUT2D eigenvalue weighted by molar-refractivity contribution is 7.89. The van der Waals surface area contributed by atoms with Crippen molar-refractivity contribution in [1.29, 1.82) is 0 Å². The van der Waals surface area contributed by atoms with E-state index in [2.05, 4.69) is 19.8 Å². The first kappa shape index (κ1) is 15.7. The van der Waals surface area contributed by atoms with Crippen LogP contribution < -0.4 is 10.0 Å². The van der Waals surface area contributed by atoms with Crippen LogP contribution in [0.4, 0.5) is 14.5 Å². The Morgan fingerprint density at radius 3 is 2.84 bits per heavy atom. The van der Waals surface area contributed by atoms with Gasteiger partial charge in [0, 0.05) is 19.8 Å². The van der Waals surface area contributed by atoms with Crippen LogP contribution in [0, 0.1) is 0 Å². The second-order valence-corrected chi connectivity index (χ2v) is 5.15. The van der Waals surface area contributed by atoms with Gasteiger partial charge in [0.15, 0.2) is 5.03 Å². The summed E-state index contributed by atoms with van der Waals surface area (Å²) in [5, 5.41) is 2.56. The standard InChI is InChI=1S/C10H15F2N3O3S/c1-13-8-3-2-4-14-10(8)19(16,17)15-5-6-18-7-9(11)12/h2-4,9,13,15H,5-7H2,1H3. The van der Waals surface area contributed by atoms with Crippen LogP contribution in [0.25, 0.3) is 0 Å². The third-order valence-corrected chi connectivity index (χ3v) is 3.50. The van der Waals surface area contributed by atoms with E-state index in [-0.39, 0.29) is 18.2 Å². The van der Waals surface area contributed by atoms with E-state index in [1.165, 1.54) is 6.20 Å². The van der Waals surface area contributed by atoms with Crippen molar-refractivity contribution >= 4 is 15.7 Å². The van der Waals surface area contributed by atoms with Crippen LogP contribution >= 0.6 is 0 Å². The number of anilines is 1. The number of nitrogens with one attached hydrogen (secondary N) is 2. The molecule has 0 atom stereocenters. The van der Waals surface area contributed by atoms with E-state index in [4.69, 9.17) is 0 Å². The van der Waals surface area contributed by atoms with Gasteiger partial charge in [-0.05, 0) is 12.1 Å². The summed E-state index contributed by atoms with van der Waals surface area (Å²) in [6, 6.07) is 3.16. The lowest BCUT2D eigenvalue weighted by atomic mass is 10.4. The van der Waals surface area contributed by atoms with Gasteiger partial charge < -0.3 is 10.1 Å². The summed E-state index contributed by atoms with van der Waals surface area (Å²) in [4.78, 5) is 3.77. The third kappa shape index (κ3) is 5.05. The van der Waals surface area contributed by atoms with Crippen LogP contribution in [-0.2, 0) is 14.8 Å². The fourth-order valence-corrected chi connectivity index (χ4v) is 2.43. The predicted octanol–water partition coefficient (Wildman–Crippen LogP) is 0.683. The Balaban J connectivity index is 2.56. The van der Waals surface area contributed by atoms with Crippen molar-refractivity contribution in [3.05, 3.63) is 18.3 Å². The van der Waals surface area contributed by atoms with Gasteiger partial charge in [-0.1, -0.05) is 0 Å². The Kier molecular flexibility index (Phi) is 6.06. The molecule has 1 heterocycles. The van der Waals surface area contributed by atoms with Gasteiger partial charge in [0.1, 0.15) is 6.61 Å². The van der Waals surface area contributed by atoms with Crippen LogP contribution in [-0.4, -0.2) is 46.6 Å². The van der Waals surface area contributed by atoms with Gasteiger partial charge in [0.25, 0.3) is 16.4 Å². The highest BCUT2D eigenvalue weighted by Gasteiger charge is 2.18. The first-order chi connectivity index (χ1) is 8.97. The largest absolute Gasteiger partial charge is 0.386 e. The van der Waals surface area contributed by atoms with Gasteiger partial charge in [-0.2, -0.15) is 0 Å². The summed E-state index contributed by atoms with van der Waals surface area (Å²) in [5.74, 6) is 0. The molecule has 2 N–H and O–H groups in total. The van der Waals surface area contributed by atoms with Crippen molar-refractivity contribution in [1.82, 2.24) is 9.71 Å². The molecule has 0 aliphatic rings. The van der Waals surface area contributed by atoms with Gasteiger partial charge in [0.05, 0.1) is 12.3 Å². The molecule has 0 aliphatic heterocycles. The van der Waals surface area contributed by atoms with Crippen molar-refractivity contribution in [3.8, 4) is 0 Å². The molecule has 1 aromatic rings. The first-order valence-corrected chi connectivity index (χ1v) is 6.94. The van der Waals surface area contributed by atoms with E-state index in [9.17, 15) is 17.2 Å². The van der Waals surface area contributed by atoms with Crippen molar-refractivity contribution < 1.29 is 21.9 Å². The quantitative estimate of drug-likeness (QED) is 0.690. The van der Waals surface area contributed by atoms with Crippen LogP contribution in [0.15, 0.2) is 23.4 Å². The molecule has 19 heavy (non-hydrogen) atoms. The zero-order valence-corrected chi connectivity index (χ0v) is 11.1. The number of ether oxygens (including phenoxy) is 1. The number of nitrogens with zero attached hydrogens (tertiary/aromatic N) is 1. The van der Waals surface area contributed by atoms with E-state index in [1.807, 2.05) is 0 Å². The van der Waals surface area contributed by atoms with E-state index in [0.717, 1.165) is 0 Å². The van der Waals surface area contributed by atoms with Crippen LogP contribution in [0.5, 0.6) is 0 Å². The molecule has 0 spiro atoms. The Morgan fingerprint density at radius 2 is 2.21 bits per heavy atom. The Morgan fingerprint density at radius 1 is 1.47 bits per heavy atom. The lowest BCUT2D eigenvalue weighted by Gasteiger charge is -2.10. The second-order valence-electron chi connectivity index (χ2n) is 3.47. The zero-order valence-electron chi connectivity index (χ0n) is 10.3. The Hall–Kier alpha value is -1.32. The maximum atomic E-state index is 11.9. The fourth-order valence-electron chi connectivity index (χ4n) is 1.28. The number of aromatic nitrogens is 1. The minimum atomic E-state index is -3.79. The van der Waals surface area contributed by atoms with Crippen molar-refractivity contribution in [2.45, 2.75) is 11.5 Å². The van der Waals surface area contributed by atoms with E-state index in [0.29, 0.717) is 5.69 Å². The molecule has 9 heteroatoms. The molecule has 0 aromatic carbocycles. The normalized spacial score (nSPS) is 11.8. The summed E-state index contributed by atoms with van der Waals surface area (Å²) in [6.45, 7) is -0.951. The summed E-state index contributed by atoms with van der Waals surface area (Å²) < 4.78 is 54.1. The predicted molar refractivity (Wildman–Crippen MR) is 65.8 cm³/mol. The number of pyridine rings is 1. The average Bonchev–Trinajstić information content (AvgIpc) is 2.37. The molecule has 0 aliphatic carbocycles. The third-order valence-electron chi connectivity index (χ3n) is 2.08. The molecule has 1 aromatic heterocycles. The molecule has 0 saturated carbocycles. The highest BCUT2D eigenvalue weighted by Crippen LogP contribution is 2.16. The average molecular weight is 295 g/mol. The van der Waals surface area contributed by atoms with Crippen molar-refractivity contribution in [2.75, 3.05) is 32.1 Å². The number of rotatable bonds is 8. The molecule has 0 bridgehead atoms. The Labute approximate surface area is 110 Å². The van der Waals surface area contributed by atoms with Gasteiger partial charge in [-0.3, -0.25) is 0 Å². The number of hydrogen-bond donors (Lipinski definition) is 2. The molecule has 1 rings (SSSR count). The lowest BCUT2D eigenvalue weighted by molar-refractivity contribution is 0.0199. The number of halogens is 2. The maximum absolute atomic E-state index is 11.9. The van der Waals surface area contributed by atoms with Gasteiger partial charge in [0.2, 0.25) is 0 Å². The molecule has 0 amide bonds. The monoisotopic (exact) mass is 295 g/mol. The van der Waals surface area contributed by atoms with Crippen molar-refractivity contribution in [2.24, 2.45) is 0 Å². The highest BCUT2D eigenvalue weighted by atomic mass is 32.2. The van der Waals surface area contributed by atoms with Gasteiger partial charge >= 0.3 is 0 Å². The van der Waals surface area contributed by atoms with Crippen LogP contribution in [0.3, 0.4) is 0 Å². The second kappa shape index (κ2) is 7.31. The molecule has 0 saturated heterocycles. The zero-order chi connectivity index (χ0) is 14.3. The first-order valence-electron chi connectivity index (χ1n) is 5.45. The Bertz CT molecular complexity index is 497. The summed E-state index contributed by atoms with van der Waals surface area (Å²) in [5.41, 5.74) is 0.350. The number of alkyl halides is 2. The summed E-state index contributed by atoms with van der Waals surface area (Å²) in [7, 11) is -2.22. The SMILES string of the molecule is CNc1cccnc1S(=O)(=O)NCCOCC(F)F. The minimum absolute atomic E-state index is 0.102. The van der Waals surface area contributed by atoms with Gasteiger partial charge in [-0.15, -0.1) is 0 Å². The number of hydrogen-bond acceptors (Lipinski definition) is 5. The smallest absolute Gasteiger partial charge is 0.261 e. The summed E-state index contributed by atoms with van der Waals surface area (Å²) in [6.07, 6.45) is -1.22. The van der Waals surface area contributed by atoms with Crippen LogP contribution in [0.1, 0.15) is 0 Å². The molecular weight excluding hydrogens is 280 g/mol. The van der Waals surface area contributed by atoms with Crippen LogP contribution in [0.2, 0.25) is 0 Å². The molecule has 6 nitrogen and oxygen atoms in total. The molecule has 108 valence electrons. The molecular formula is C10H15F2N3O3S. The number of sulfonamides is 1.